The third-order valence-corrected chi connectivity index (χ3v) is 2.19. The smallest absolute Gasteiger partial charge is 0.0634 e. The molecule has 0 aromatic heterocycles. The predicted octanol–water partition coefficient (Wildman–Crippen LogP) is 1.75. The van der Waals surface area contributed by atoms with Crippen molar-refractivity contribution in [2.24, 2.45) is 0 Å². The lowest BCUT2D eigenvalue weighted by molar-refractivity contribution is 0.00945. The quantitative estimate of drug-likeness (QED) is 0.606. The minimum atomic E-state index is 0.0312. The van der Waals surface area contributed by atoms with Crippen LogP contribution in [0.1, 0.15) is 27.2 Å². The molecule has 11 heavy (non-hydrogen) atoms. The summed E-state index contributed by atoms with van der Waals surface area (Å²) in [5, 5.41) is 0. The van der Waals surface area contributed by atoms with Crippen LogP contribution in [-0.2, 0) is 4.74 Å². The largest absolute Gasteiger partial charge is 0.379 e. The summed E-state index contributed by atoms with van der Waals surface area (Å²) < 4.78 is 5.31. The van der Waals surface area contributed by atoms with Crippen molar-refractivity contribution < 1.29 is 4.74 Å². The first kappa shape index (κ1) is 10.9. The Morgan fingerprint density at radius 1 is 1.36 bits per heavy atom. The SMILES string of the molecule is CCN(C)CCC(C)(C)OC. The van der Waals surface area contributed by atoms with E-state index >= 15 is 0 Å². The van der Waals surface area contributed by atoms with Crippen molar-refractivity contribution in [2.45, 2.75) is 32.8 Å². The van der Waals surface area contributed by atoms with Crippen molar-refractivity contribution in [3.8, 4) is 0 Å². The second-order valence-corrected chi connectivity index (χ2v) is 3.61. The molecule has 68 valence electrons. The van der Waals surface area contributed by atoms with E-state index in [4.69, 9.17) is 4.74 Å². The molecule has 0 bridgehead atoms. The monoisotopic (exact) mass is 159 g/mol. The van der Waals surface area contributed by atoms with Gasteiger partial charge in [-0.15, -0.1) is 0 Å². The van der Waals surface area contributed by atoms with Crippen LogP contribution < -0.4 is 0 Å². The van der Waals surface area contributed by atoms with E-state index in [9.17, 15) is 0 Å². The Kier molecular flexibility index (Phi) is 4.69. The summed E-state index contributed by atoms with van der Waals surface area (Å²) in [4.78, 5) is 2.29. The zero-order chi connectivity index (χ0) is 8.91. The van der Waals surface area contributed by atoms with Gasteiger partial charge >= 0.3 is 0 Å². The molecule has 0 radical (unpaired) electrons. The van der Waals surface area contributed by atoms with Crippen molar-refractivity contribution in [3.63, 3.8) is 0 Å². The molecule has 0 heterocycles. The first-order valence-electron chi connectivity index (χ1n) is 4.25. The molecule has 0 atom stereocenters. The number of rotatable bonds is 5. The lowest BCUT2D eigenvalue weighted by atomic mass is 10.1. The number of ether oxygens (including phenoxy) is 1. The molecule has 0 saturated heterocycles. The highest BCUT2D eigenvalue weighted by atomic mass is 16.5. The molecule has 0 aliphatic carbocycles. The maximum Gasteiger partial charge on any atom is 0.0634 e. The van der Waals surface area contributed by atoms with Crippen LogP contribution in [0.5, 0.6) is 0 Å². The number of nitrogens with zero attached hydrogens (tertiary/aromatic N) is 1. The highest BCUT2D eigenvalue weighted by molar-refractivity contribution is 4.68. The maximum atomic E-state index is 5.31. The molecule has 0 N–H and O–H groups in total. The van der Waals surface area contributed by atoms with E-state index in [1.54, 1.807) is 7.11 Å². The Bertz CT molecular complexity index is 102. The van der Waals surface area contributed by atoms with Gasteiger partial charge in [0.25, 0.3) is 0 Å². The molecule has 0 rings (SSSR count). The fourth-order valence-corrected chi connectivity index (χ4v) is 0.720. The Morgan fingerprint density at radius 2 is 1.91 bits per heavy atom. The summed E-state index contributed by atoms with van der Waals surface area (Å²) in [7, 11) is 3.90. The predicted molar refractivity (Wildman–Crippen MR) is 48.9 cm³/mol. The van der Waals surface area contributed by atoms with Gasteiger partial charge in [-0.2, -0.15) is 0 Å². The van der Waals surface area contributed by atoms with E-state index < -0.39 is 0 Å². The molecule has 0 saturated carbocycles. The standard InChI is InChI=1S/C9H21NO/c1-6-10(4)8-7-9(2,3)11-5/h6-8H2,1-5H3. The summed E-state index contributed by atoms with van der Waals surface area (Å²) in [5.74, 6) is 0. The second-order valence-electron chi connectivity index (χ2n) is 3.61. The van der Waals surface area contributed by atoms with E-state index in [1.807, 2.05) is 0 Å². The van der Waals surface area contributed by atoms with E-state index in [1.165, 1.54) is 0 Å². The fraction of sp³-hybridized carbons (Fsp3) is 1.00. The van der Waals surface area contributed by atoms with Crippen LogP contribution in [0.3, 0.4) is 0 Å². The van der Waals surface area contributed by atoms with Crippen molar-refractivity contribution in [2.75, 3.05) is 27.2 Å². The second kappa shape index (κ2) is 4.73. The van der Waals surface area contributed by atoms with Gasteiger partial charge in [-0.1, -0.05) is 6.92 Å². The lowest BCUT2D eigenvalue weighted by Crippen LogP contribution is -2.30. The Morgan fingerprint density at radius 3 is 2.27 bits per heavy atom. The highest BCUT2D eigenvalue weighted by Gasteiger charge is 2.15. The van der Waals surface area contributed by atoms with Gasteiger partial charge in [0.2, 0.25) is 0 Å². The number of hydrogen-bond donors (Lipinski definition) is 0. The lowest BCUT2D eigenvalue weighted by Gasteiger charge is -2.25. The minimum Gasteiger partial charge on any atom is -0.379 e. The molecular formula is C9H21NO. The zero-order valence-electron chi connectivity index (χ0n) is 8.48. The molecule has 0 amide bonds. The van der Waals surface area contributed by atoms with Gasteiger partial charge < -0.3 is 9.64 Å². The van der Waals surface area contributed by atoms with Crippen LogP contribution in [0.15, 0.2) is 0 Å². The average Bonchev–Trinajstić information content (AvgIpc) is 2.00. The van der Waals surface area contributed by atoms with Gasteiger partial charge in [0.15, 0.2) is 0 Å². The molecule has 0 aliphatic rings. The van der Waals surface area contributed by atoms with Gasteiger partial charge in [0.1, 0.15) is 0 Å². The average molecular weight is 159 g/mol. The Hall–Kier alpha value is -0.0800. The molecule has 0 spiro atoms. The van der Waals surface area contributed by atoms with E-state index in [-0.39, 0.29) is 5.60 Å². The van der Waals surface area contributed by atoms with Crippen molar-refractivity contribution in [3.05, 3.63) is 0 Å². The van der Waals surface area contributed by atoms with Crippen LogP contribution in [0, 0.1) is 0 Å². The number of hydrogen-bond acceptors (Lipinski definition) is 2. The molecule has 0 aromatic rings. The molecule has 2 heteroatoms. The highest BCUT2D eigenvalue weighted by Crippen LogP contribution is 2.12. The summed E-state index contributed by atoms with van der Waals surface area (Å²) in [5.41, 5.74) is 0.0312. The van der Waals surface area contributed by atoms with Crippen LogP contribution in [0.25, 0.3) is 0 Å². The molecule has 0 aliphatic heterocycles. The van der Waals surface area contributed by atoms with Gasteiger partial charge in [-0.3, -0.25) is 0 Å². The van der Waals surface area contributed by atoms with Crippen molar-refractivity contribution in [1.82, 2.24) is 4.90 Å². The van der Waals surface area contributed by atoms with Crippen molar-refractivity contribution >= 4 is 0 Å². The summed E-state index contributed by atoms with van der Waals surface area (Å²) >= 11 is 0. The minimum absolute atomic E-state index is 0.0312. The zero-order valence-corrected chi connectivity index (χ0v) is 8.48. The van der Waals surface area contributed by atoms with Gasteiger partial charge in [-0.05, 0) is 33.9 Å². The molecule has 2 nitrogen and oxygen atoms in total. The van der Waals surface area contributed by atoms with Crippen LogP contribution in [0.2, 0.25) is 0 Å². The van der Waals surface area contributed by atoms with Crippen LogP contribution in [0.4, 0.5) is 0 Å². The summed E-state index contributed by atoms with van der Waals surface area (Å²) in [6, 6.07) is 0. The Balaban J connectivity index is 3.52. The summed E-state index contributed by atoms with van der Waals surface area (Å²) in [6.07, 6.45) is 1.09. The number of methoxy groups -OCH3 is 1. The van der Waals surface area contributed by atoms with Crippen molar-refractivity contribution in [1.29, 1.82) is 0 Å². The van der Waals surface area contributed by atoms with Crippen LogP contribution >= 0.6 is 0 Å². The van der Waals surface area contributed by atoms with E-state index in [2.05, 4.69) is 32.7 Å². The van der Waals surface area contributed by atoms with Gasteiger partial charge in [0.05, 0.1) is 5.60 Å². The summed E-state index contributed by atoms with van der Waals surface area (Å²) in [6.45, 7) is 8.63. The maximum absolute atomic E-state index is 5.31. The third kappa shape index (κ3) is 5.22. The molecule has 0 unspecified atom stereocenters. The first-order chi connectivity index (χ1) is 5.02. The Labute approximate surface area is 70.5 Å². The van der Waals surface area contributed by atoms with Gasteiger partial charge in [0, 0.05) is 13.7 Å². The molecule has 0 aromatic carbocycles. The topological polar surface area (TPSA) is 12.5 Å². The first-order valence-corrected chi connectivity index (χ1v) is 4.25. The molecule has 0 fully saturated rings. The third-order valence-electron chi connectivity index (χ3n) is 2.19. The normalized spacial score (nSPS) is 12.5. The molecular weight excluding hydrogens is 138 g/mol. The van der Waals surface area contributed by atoms with E-state index in [0.717, 1.165) is 19.5 Å². The van der Waals surface area contributed by atoms with E-state index in [0.29, 0.717) is 0 Å². The van der Waals surface area contributed by atoms with Gasteiger partial charge in [-0.25, -0.2) is 0 Å². The fourth-order valence-electron chi connectivity index (χ4n) is 0.720. The van der Waals surface area contributed by atoms with Crippen LogP contribution in [-0.4, -0.2) is 37.7 Å².